The largest absolute Gasteiger partial charge is 0.399 e. The summed E-state index contributed by atoms with van der Waals surface area (Å²) in [5.74, 6) is 2.56. The topological polar surface area (TPSA) is 29.3 Å². The first-order valence-electron chi connectivity index (χ1n) is 5.51. The predicted molar refractivity (Wildman–Crippen MR) is 69.6 cm³/mol. The van der Waals surface area contributed by atoms with Crippen molar-refractivity contribution in [3.05, 3.63) is 24.3 Å². The van der Waals surface area contributed by atoms with Gasteiger partial charge < -0.3 is 10.6 Å². The van der Waals surface area contributed by atoms with Crippen LogP contribution in [0.25, 0.3) is 0 Å². The Morgan fingerprint density at radius 1 is 1.40 bits per heavy atom. The summed E-state index contributed by atoms with van der Waals surface area (Å²) in [5.41, 5.74) is 7.85. The molecule has 82 valence electrons. The standard InChI is InChI=1S/C12H18N2S/c1-2-14(12-7-8-15-9-12)11-5-3-10(13)4-6-11/h3-6,12H,2,7-9,13H2,1H3/t12-/m0/s1. The maximum atomic E-state index is 5.70. The van der Waals surface area contributed by atoms with Gasteiger partial charge in [-0.05, 0) is 43.4 Å². The molecule has 1 aliphatic rings. The summed E-state index contributed by atoms with van der Waals surface area (Å²) in [6, 6.07) is 8.94. The van der Waals surface area contributed by atoms with Crippen molar-refractivity contribution >= 4 is 23.1 Å². The molecule has 1 atom stereocenters. The van der Waals surface area contributed by atoms with E-state index in [9.17, 15) is 0 Å². The van der Waals surface area contributed by atoms with Crippen LogP contribution in [0.15, 0.2) is 24.3 Å². The van der Waals surface area contributed by atoms with Gasteiger partial charge in [-0.2, -0.15) is 11.8 Å². The Morgan fingerprint density at radius 2 is 2.13 bits per heavy atom. The lowest BCUT2D eigenvalue weighted by molar-refractivity contribution is 0.661. The van der Waals surface area contributed by atoms with Crippen molar-refractivity contribution in [1.82, 2.24) is 0 Å². The molecule has 0 bridgehead atoms. The van der Waals surface area contributed by atoms with Crippen molar-refractivity contribution in [3.8, 4) is 0 Å². The van der Waals surface area contributed by atoms with Crippen LogP contribution >= 0.6 is 11.8 Å². The summed E-state index contributed by atoms with van der Waals surface area (Å²) in [4.78, 5) is 2.49. The van der Waals surface area contributed by atoms with E-state index in [0.29, 0.717) is 6.04 Å². The van der Waals surface area contributed by atoms with Gasteiger partial charge in [0.1, 0.15) is 0 Å². The molecule has 1 heterocycles. The minimum atomic E-state index is 0.712. The van der Waals surface area contributed by atoms with Crippen LogP contribution in [-0.2, 0) is 0 Å². The molecule has 1 aromatic carbocycles. The highest BCUT2D eigenvalue weighted by Gasteiger charge is 2.21. The smallest absolute Gasteiger partial charge is 0.0388 e. The second kappa shape index (κ2) is 4.79. The minimum Gasteiger partial charge on any atom is -0.399 e. The zero-order valence-corrected chi connectivity index (χ0v) is 9.96. The zero-order valence-electron chi connectivity index (χ0n) is 9.15. The van der Waals surface area contributed by atoms with Crippen LogP contribution in [0.1, 0.15) is 13.3 Å². The maximum Gasteiger partial charge on any atom is 0.0388 e. The van der Waals surface area contributed by atoms with Crippen LogP contribution in [0, 0.1) is 0 Å². The number of nitrogens with two attached hydrogens (primary N) is 1. The van der Waals surface area contributed by atoms with Crippen LogP contribution in [-0.4, -0.2) is 24.1 Å². The Bertz CT molecular complexity index is 304. The minimum absolute atomic E-state index is 0.712. The molecule has 3 heteroatoms. The average molecular weight is 222 g/mol. The molecule has 2 N–H and O–H groups in total. The van der Waals surface area contributed by atoms with Crippen molar-refractivity contribution in [1.29, 1.82) is 0 Å². The van der Waals surface area contributed by atoms with E-state index in [2.05, 4.69) is 35.7 Å². The van der Waals surface area contributed by atoms with E-state index in [1.807, 2.05) is 12.1 Å². The second-order valence-electron chi connectivity index (χ2n) is 3.89. The monoisotopic (exact) mass is 222 g/mol. The molecule has 1 fully saturated rings. The lowest BCUT2D eigenvalue weighted by Gasteiger charge is -2.29. The molecule has 0 amide bonds. The number of hydrogen-bond donors (Lipinski definition) is 1. The van der Waals surface area contributed by atoms with Crippen molar-refractivity contribution < 1.29 is 0 Å². The van der Waals surface area contributed by atoms with Crippen molar-refractivity contribution in [2.45, 2.75) is 19.4 Å². The van der Waals surface area contributed by atoms with Gasteiger partial charge in [-0.3, -0.25) is 0 Å². The zero-order chi connectivity index (χ0) is 10.7. The van der Waals surface area contributed by atoms with Gasteiger partial charge in [0.05, 0.1) is 0 Å². The summed E-state index contributed by atoms with van der Waals surface area (Å²) in [6.45, 7) is 3.30. The number of nitrogens with zero attached hydrogens (tertiary/aromatic N) is 1. The first-order valence-corrected chi connectivity index (χ1v) is 6.66. The molecule has 0 spiro atoms. The Hall–Kier alpha value is -0.830. The average Bonchev–Trinajstić information content (AvgIpc) is 2.75. The molecule has 2 rings (SSSR count). The third-order valence-electron chi connectivity index (χ3n) is 2.91. The summed E-state index contributed by atoms with van der Waals surface area (Å²) in [6.07, 6.45) is 1.31. The van der Waals surface area contributed by atoms with E-state index in [-0.39, 0.29) is 0 Å². The van der Waals surface area contributed by atoms with Gasteiger partial charge >= 0.3 is 0 Å². The number of nitrogen functional groups attached to an aromatic ring is 1. The molecule has 0 saturated carbocycles. The molecule has 15 heavy (non-hydrogen) atoms. The molecule has 1 saturated heterocycles. The Balaban J connectivity index is 2.14. The Labute approximate surface area is 95.8 Å². The van der Waals surface area contributed by atoms with Crippen LogP contribution in [0.3, 0.4) is 0 Å². The van der Waals surface area contributed by atoms with Crippen LogP contribution in [0.5, 0.6) is 0 Å². The first kappa shape index (κ1) is 10.7. The highest BCUT2D eigenvalue weighted by atomic mass is 32.2. The van der Waals surface area contributed by atoms with E-state index in [1.54, 1.807) is 0 Å². The summed E-state index contributed by atoms with van der Waals surface area (Å²) >= 11 is 2.06. The lowest BCUT2D eigenvalue weighted by atomic mass is 10.2. The molecular weight excluding hydrogens is 204 g/mol. The lowest BCUT2D eigenvalue weighted by Crippen LogP contribution is -2.34. The fourth-order valence-electron chi connectivity index (χ4n) is 2.09. The van der Waals surface area contributed by atoms with E-state index >= 15 is 0 Å². The first-order chi connectivity index (χ1) is 7.31. The highest BCUT2D eigenvalue weighted by molar-refractivity contribution is 7.99. The molecule has 1 aliphatic heterocycles. The van der Waals surface area contributed by atoms with Gasteiger partial charge in [0, 0.05) is 29.7 Å². The van der Waals surface area contributed by atoms with E-state index in [4.69, 9.17) is 5.73 Å². The third kappa shape index (κ3) is 2.40. The number of benzene rings is 1. The van der Waals surface area contributed by atoms with Gasteiger partial charge in [-0.15, -0.1) is 0 Å². The summed E-state index contributed by atoms with van der Waals surface area (Å²) in [5, 5.41) is 0. The normalized spacial score (nSPS) is 20.5. The quantitative estimate of drug-likeness (QED) is 0.797. The SMILES string of the molecule is CCN(c1ccc(N)cc1)[C@H]1CCSC1. The fourth-order valence-corrected chi connectivity index (χ4v) is 3.31. The Kier molecular flexibility index (Phi) is 3.41. The van der Waals surface area contributed by atoms with Crippen LogP contribution in [0.2, 0.25) is 0 Å². The van der Waals surface area contributed by atoms with Crippen molar-refractivity contribution in [3.63, 3.8) is 0 Å². The van der Waals surface area contributed by atoms with E-state index < -0.39 is 0 Å². The van der Waals surface area contributed by atoms with Gasteiger partial charge in [0.25, 0.3) is 0 Å². The molecular formula is C12H18N2S. The van der Waals surface area contributed by atoms with Crippen molar-refractivity contribution in [2.75, 3.05) is 28.7 Å². The fraction of sp³-hybridized carbons (Fsp3) is 0.500. The third-order valence-corrected chi connectivity index (χ3v) is 4.06. The molecule has 0 aromatic heterocycles. The van der Waals surface area contributed by atoms with E-state index in [1.165, 1.54) is 23.6 Å². The number of hydrogen-bond acceptors (Lipinski definition) is 3. The number of anilines is 2. The molecule has 2 nitrogen and oxygen atoms in total. The van der Waals surface area contributed by atoms with Gasteiger partial charge in [0.2, 0.25) is 0 Å². The second-order valence-corrected chi connectivity index (χ2v) is 5.04. The molecule has 0 unspecified atom stereocenters. The summed E-state index contributed by atoms with van der Waals surface area (Å²) < 4.78 is 0. The molecule has 1 aromatic rings. The van der Waals surface area contributed by atoms with Crippen LogP contribution in [0.4, 0.5) is 11.4 Å². The highest BCUT2D eigenvalue weighted by Crippen LogP contribution is 2.27. The van der Waals surface area contributed by atoms with E-state index in [0.717, 1.165) is 12.2 Å². The predicted octanol–water partition coefficient (Wildman–Crippen LogP) is 2.60. The maximum absolute atomic E-state index is 5.70. The van der Waals surface area contributed by atoms with Gasteiger partial charge in [-0.25, -0.2) is 0 Å². The number of thioether (sulfide) groups is 1. The Morgan fingerprint density at radius 3 is 2.67 bits per heavy atom. The number of rotatable bonds is 3. The van der Waals surface area contributed by atoms with Gasteiger partial charge in [0.15, 0.2) is 0 Å². The molecule has 0 aliphatic carbocycles. The van der Waals surface area contributed by atoms with Crippen LogP contribution < -0.4 is 10.6 Å². The molecule has 0 radical (unpaired) electrons. The van der Waals surface area contributed by atoms with Crippen molar-refractivity contribution in [2.24, 2.45) is 0 Å². The van der Waals surface area contributed by atoms with Gasteiger partial charge in [-0.1, -0.05) is 0 Å². The summed E-state index contributed by atoms with van der Waals surface area (Å²) in [7, 11) is 0.